The SMILES string of the molecule is N#CCCN(CC[NH+]1CCOCC1)C(=S)Nc1ccc(Cl)c(Cl)c1. The van der Waals surface area contributed by atoms with Gasteiger partial charge in [-0.25, -0.2) is 0 Å². The largest absolute Gasteiger partial charge is 0.370 e. The number of anilines is 1. The van der Waals surface area contributed by atoms with Crippen LogP contribution in [0.3, 0.4) is 0 Å². The number of nitrogens with zero attached hydrogens (tertiary/aromatic N) is 2. The summed E-state index contributed by atoms with van der Waals surface area (Å²) in [6, 6.07) is 7.48. The molecule has 0 amide bonds. The van der Waals surface area contributed by atoms with Crippen LogP contribution in [0, 0.1) is 11.3 Å². The maximum absolute atomic E-state index is 8.88. The van der Waals surface area contributed by atoms with E-state index in [-0.39, 0.29) is 0 Å². The monoisotopic (exact) mass is 387 g/mol. The quantitative estimate of drug-likeness (QED) is 0.729. The Labute approximate surface area is 158 Å². The van der Waals surface area contributed by atoms with E-state index in [2.05, 4.69) is 11.4 Å². The van der Waals surface area contributed by atoms with Crippen molar-refractivity contribution in [3.8, 4) is 6.07 Å². The number of ether oxygens (including phenoxy) is 1. The number of hydrogen-bond donors (Lipinski definition) is 2. The molecule has 0 atom stereocenters. The van der Waals surface area contributed by atoms with Crippen molar-refractivity contribution in [2.45, 2.75) is 6.42 Å². The predicted molar refractivity (Wildman–Crippen MR) is 101 cm³/mol. The first-order valence-corrected chi connectivity index (χ1v) is 9.06. The lowest BCUT2D eigenvalue weighted by Crippen LogP contribution is -3.14. The molecule has 1 aromatic rings. The van der Waals surface area contributed by atoms with Crippen molar-refractivity contribution < 1.29 is 9.64 Å². The maximum Gasteiger partial charge on any atom is 0.173 e. The highest BCUT2D eigenvalue weighted by atomic mass is 35.5. The van der Waals surface area contributed by atoms with Crippen LogP contribution in [0.2, 0.25) is 10.0 Å². The molecule has 0 aliphatic carbocycles. The standard InChI is InChI=1S/C16H20Cl2N4OS/c17-14-3-2-13(12-15(14)18)20-16(24)22(5-1-4-19)7-6-21-8-10-23-11-9-21/h2-3,12H,1,5-11H2,(H,20,24)/p+1. The van der Waals surface area contributed by atoms with Crippen molar-refractivity contribution in [2.24, 2.45) is 0 Å². The van der Waals surface area contributed by atoms with Gasteiger partial charge in [0.15, 0.2) is 5.11 Å². The van der Waals surface area contributed by atoms with Crippen LogP contribution in [0.4, 0.5) is 5.69 Å². The Morgan fingerprint density at radius 1 is 1.29 bits per heavy atom. The van der Waals surface area contributed by atoms with Crippen LogP contribution < -0.4 is 10.2 Å². The molecule has 24 heavy (non-hydrogen) atoms. The first kappa shape index (κ1) is 19.2. The number of benzene rings is 1. The van der Waals surface area contributed by atoms with E-state index in [0.717, 1.165) is 45.1 Å². The van der Waals surface area contributed by atoms with Gasteiger partial charge in [0.05, 0.1) is 48.8 Å². The number of hydrogen-bond acceptors (Lipinski definition) is 3. The normalized spacial score (nSPS) is 14.9. The summed E-state index contributed by atoms with van der Waals surface area (Å²) in [5.74, 6) is 0. The molecule has 1 aliphatic rings. The van der Waals surface area contributed by atoms with Gasteiger partial charge in [-0.2, -0.15) is 5.26 Å². The van der Waals surface area contributed by atoms with Gasteiger partial charge in [0, 0.05) is 12.2 Å². The molecule has 0 bridgehead atoms. The molecule has 2 rings (SSSR count). The van der Waals surface area contributed by atoms with E-state index in [9.17, 15) is 0 Å². The van der Waals surface area contributed by atoms with Crippen LogP contribution in [0.25, 0.3) is 0 Å². The fourth-order valence-corrected chi connectivity index (χ4v) is 3.08. The van der Waals surface area contributed by atoms with Gasteiger partial charge >= 0.3 is 0 Å². The van der Waals surface area contributed by atoms with Crippen molar-refractivity contribution in [1.82, 2.24) is 4.90 Å². The minimum atomic E-state index is 0.432. The Morgan fingerprint density at radius 2 is 2.04 bits per heavy atom. The fraction of sp³-hybridized carbons (Fsp3) is 0.500. The van der Waals surface area contributed by atoms with Crippen molar-refractivity contribution in [3.63, 3.8) is 0 Å². The molecule has 2 N–H and O–H groups in total. The third-order valence-corrected chi connectivity index (χ3v) is 4.99. The summed E-state index contributed by atoms with van der Waals surface area (Å²) in [7, 11) is 0. The number of halogens is 2. The number of quaternary nitrogens is 1. The smallest absolute Gasteiger partial charge is 0.173 e. The van der Waals surface area contributed by atoms with Gasteiger partial charge in [-0.3, -0.25) is 0 Å². The highest BCUT2D eigenvalue weighted by Crippen LogP contribution is 2.25. The number of thiocarbonyl (C=S) groups is 1. The van der Waals surface area contributed by atoms with Crippen molar-refractivity contribution in [3.05, 3.63) is 28.2 Å². The van der Waals surface area contributed by atoms with Crippen molar-refractivity contribution in [2.75, 3.05) is 51.3 Å². The van der Waals surface area contributed by atoms with E-state index in [0.29, 0.717) is 28.1 Å². The highest BCUT2D eigenvalue weighted by molar-refractivity contribution is 7.80. The summed E-state index contributed by atoms with van der Waals surface area (Å²) in [5.41, 5.74) is 0.787. The third kappa shape index (κ3) is 6.08. The van der Waals surface area contributed by atoms with Gasteiger partial charge in [0.1, 0.15) is 13.1 Å². The van der Waals surface area contributed by atoms with Gasteiger partial charge in [-0.1, -0.05) is 23.2 Å². The summed E-state index contributed by atoms with van der Waals surface area (Å²) >= 11 is 17.5. The second kappa shape index (κ2) is 10.0. The molecule has 8 heteroatoms. The average molecular weight is 388 g/mol. The molecule has 1 heterocycles. The van der Waals surface area contributed by atoms with Gasteiger partial charge < -0.3 is 19.9 Å². The minimum Gasteiger partial charge on any atom is -0.370 e. The van der Waals surface area contributed by atoms with Crippen LogP contribution in [-0.4, -0.2) is 55.9 Å². The average Bonchev–Trinajstić information content (AvgIpc) is 2.59. The molecule has 0 radical (unpaired) electrons. The number of morpholine rings is 1. The van der Waals surface area contributed by atoms with Crippen LogP contribution >= 0.6 is 35.4 Å². The maximum atomic E-state index is 8.88. The van der Waals surface area contributed by atoms with Gasteiger partial charge in [0.25, 0.3) is 0 Å². The minimum absolute atomic E-state index is 0.432. The fourth-order valence-electron chi connectivity index (χ4n) is 2.48. The van der Waals surface area contributed by atoms with E-state index in [1.165, 1.54) is 4.90 Å². The molecule has 0 spiro atoms. The summed E-state index contributed by atoms with van der Waals surface area (Å²) in [6.45, 7) is 6.01. The molecule has 1 fully saturated rings. The molecule has 0 unspecified atom stereocenters. The van der Waals surface area contributed by atoms with Gasteiger partial charge in [-0.05, 0) is 30.4 Å². The van der Waals surface area contributed by atoms with E-state index < -0.39 is 0 Å². The Kier molecular flexibility index (Phi) is 8.03. The molecular weight excluding hydrogens is 367 g/mol. The van der Waals surface area contributed by atoms with Crippen molar-refractivity contribution in [1.29, 1.82) is 5.26 Å². The topological polar surface area (TPSA) is 52.7 Å². The first-order chi connectivity index (χ1) is 11.6. The van der Waals surface area contributed by atoms with E-state index in [1.807, 2.05) is 11.0 Å². The number of nitriles is 1. The molecule has 130 valence electrons. The molecule has 1 aliphatic heterocycles. The van der Waals surface area contributed by atoms with Crippen LogP contribution in [-0.2, 0) is 4.74 Å². The zero-order valence-electron chi connectivity index (χ0n) is 13.4. The van der Waals surface area contributed by atoms with E-state index >= 15 is 0 Å². The molecule has 0 saturated carbocycles. The third-order valence-electron chi connectivity index (χ3n) is 3.89. The zero-order chi connectivity index (χ0) is 17.4. The Morgan fingerprint density at radius 3 is 2.71 bits per heavy atom. The van der Waals surface area contributed by atoms with Crippen LogP contribution in [0.5, 0.6) is 0 Å². The second-order valence-electron chi connectivity index (χ2n) is 5.57. The summed E-state index contributed by atoms with van der Waals surface area (Å²) < 4.78 is 5.38. The Balaban J connectivity index is 1.93. The van der Waals surface area contributed by atoms with Crippen LogP contribution in [0.15, 0.2) is 18.2 Å². The second-order valence-corrected chi connectivity index (χ2v) is 6.77. The summed E-state index contributed by atoms with van der Waals surface area (Å²) in [6.07, 6.45) is 0.432. The van der Waals surface area contributed by atoms with Crippen LogP contribution in [0.1, 0.15) is 6.42 Å². The molecular formula is C16H21Cl2N4OS+. The zero-order valence-corrected chi connectivity index (χ0v) is 15.7. The number of nitrogens with one attached hydrogen (secondary N) is 2. The first-order valence-electron chi connectivity index (χ1n) is 7.89. The van der Waals surface area contributed by atoms with Gasteiger partial charge in [0.2, 0.25) is 0 Å². The lowest BCUT2D eigenvalue weighted by Gasteiger charge is -2.29. The highest BCUT2D eigenvalue weighted by Gasteiger charge is 2.17. The molecule has 5 nitrogen and oxygen atoms in total. The predicted octanol–water partition coefficient (Wildman–Crippen LogP) is 1.82. The van der Waals surface area contributed by atoms with Crippen molar-refractivity contribution >= 4 is 46.2 Å². The Hall–Kier alpha value is -1.10. The number of rotatable bonds is 6. The Bertz CT molecular complexity index is 602. The lowest BCUT2D eigenvalue weighted by molar-refractivity contribution is -0.907. The van der Waals surface area contributed by atoms with E-state index in [4.69, 9.17) is 45.4 Å². The summed E-state index contributed by atoms with van der Waals surface area (Å²) in [4.78, 5) is 3.53. The molecule has 0 aromatic heterocycles. The molecule has 1 saturated heterocycles. The molecule has 1 aromatic carbocycles. The summed E-state index contributed by atoms with van der Waals surface area (Å²) in [5, 5.41) is 13.6. The van der Waals surface area contributed by atoms with E-state index in [1.54, 1.807) is 12.1 Å². The van der Waals surface area contributed by atoms with Gasteiger partial charge in [-0.15, -0.1) is 0 Å². The lowest BCUT2D eigenvalue weighted by atomic mass is 10.3.